The van der Waals surface area contributed by atoms with Gasteiger partial charge in [-0.15, -0.1) is 24.0 Å². The maximum atomic E-state index is 5.95. The Hall–Kier alpha value is -1.61. The average Bonchev–Trinajstić information content (AvgIpc) is 3.34. The van der Waals surface area contributed by atoms with Crippen molar-refractivity contribution in [1.82, 2.24) is 20.4 Å². The van der Waals surface area contributed by atoms with Crippen LogP contribution < -0.4 is 5.32 Å². The number of nitrogens with zero attached hydrogens (tertiary/aromatic N) is 3. The summed E-state index contributed by atoms with van der Waals surface area (Å²) in [4.78, 5) is 7.23. The van der Waals surface area contributed by atoms with Crippen molar-refractivity contribution in [2.24, 2.45) is 10.9 Å². The van der Waals surface area contributed by atoms with Crippen LogP contribution in [0.2, 0.25) is 0 Å². The van der Waals surface area contributed by atoms with E-state index in [1.54, 1.807) is 0 Å². The third kappa shape index (κ3) is 7.62. The molecule has 1 atom stereocenters. The number of aromatic amines is 1. The quantitative estimate of drug-likeness (QED) is 0.233. The standard InChI is InChI=1S/C22H33N5O.HI/c1-3-23-22(24-12-7-10-21-14-25-26-18(21)2)27-13-11-20(15-27)17-28-16-19-8-5-4-6-9-19;/h4-6,8-9,14,20H,3,7,10-13,15-17H2,1-2H3,(H,23,24)(H,25,26);1H. The smallest absolute Gasteiger partial charge is 0.193 e. The van der Waals surface area contributed by atoms with Crippen molar-refractivity contribution < 1.29 is 4.74 Å². The van der Waals surface area contributed by atoms with Crippen molar-refractivity contribution in [3.63, 3.8) is 0 Å². The van der Waals surface area contributed by atoms with E-state index in [2.05, 4.69) is 58.5 Å². The predicted octanol–water partition coefficient (Wildman–Crippen LogP) is 3.77. The van der Waals surface area contributed by atoms with Crippen LogP contribution in [0, 0.1) is 12.8 Å². The molecule has 6 nitrogen and oxygen atoms in total. The van der Waals surface area contributed by atoms with Gasteiger partial charge in [-0.3, -0.25) is 10.1 Å². The van der Waals surface area contributed by atoms with Crippen molar-refractivity contribution in [2.75, 3.05) is 32.8 Å². The SMILES string of the molecule is CCNC(=NCCCc1cn[nH]c1C)N1CCC(COCc2ccccc2)C1.I. The third-order valence-corrected chi connectivity index (χ3v) is 5.19. The van der Waals surface area contributed by atoms with Crippen molar-refractivity contribution in [2.45, 2.75) is 39.7 Å². The Morgan fingerprint density at radius 3 is 2.90 bits per heavy atom. The summed E-state index contributed by atoms with van der Waals surface area (Å²) in [6, 6.07) is 10.4. The highest BCUT2D eigenvalue weighted by Gasteiger charge is 2.24. The highest BCUT2D eigenvalue weighted by Crippen LogP contribution is 2.17. The van der Waals surface area contributed by atoms with Gasteiger partial charge in [-0.2, -0.15) is 5.10 Å². The van der Waals surface area contributed by atoms with Gasteiger partial charge in [0.2, 0.25) is 0 Å². The van der Waals surface area contributed by atoms with Crippen LogP contribution in [0.1, 0.15) is 36.6 Å². The van der Waals surface area contributed by atoms with Gasteiger partial charge in [0.15, 0.2) is 5.96 Å². The van der Waals surface area contributed by atoms with Gasteiger partial charge in [0.05, 0.1) is 19.4 Å². The zero-order chi connectivity index (χ0) is 19.6. The second kappa shape index (κ2) is 12.8. The largest absolute Gasteiger partial charge is 0.376 e. The lowest BCUT2D eigenvalue weighted by molar-refractivity contribution is 0.0907. The predicted molar refractivity (Wildman–Crippen MR) is 129 cm³/mol. The molecule has 1 fully saturated rings. The Kier molecular flexibility index (Phi) is 10.5. The fourth-order valence-electron chi connectivity index (χ4n) is 3.59. The molecule has 0 amide bonds. The molecule has 0 bridgehead atoms. The number of ether oxygens (including phenoxy) is 1. The Morgan fingerprint density at radius 1 is 1.34 bits per heavy atom. The molecule has 1 aromatic heterocycles. The molecule has 0 radical (unpaired) electrons. The summed E-state index contributed by atoms with van der Waals surface area (Å²) in [5.41, 5.74) is 3.69. The molecule has 0 spiro atoms. The summed E-state index contributed by atoms with van der Waals surface area (Å²) in [6.07, 6.45) is 5.13. The third-order valence-electron chi connectivity index (χ3n) is 5.19. The number of H-pyrrole nitrogens is 1. The number of hydrogen-bond donors (Lipinski definition) is 2. The summed E-state index contributed by atoms with van der Waals surface area (Å²) in [6.45, 7) is 9.49. The van der Waals surface area contributed by atoms with Gasteiger partial charge in [-0.1, -0.05) is 30.3 Å². The van der Waals surface area contributed by atoms with Gasteiger partial charge < -0.3 is 15.0 Å². The molecule has 2 N–H and O–H groups in total. The first-order valence-corrected chi connectivity index (χ1v) is 10.4. The number of likely N-dealkylation sites (tertiary alicyclic amines) is 1. The molecular formula is C22H34IN5O. The molecular weight excluding hydrogens is 477 g/mol. The molecule has 2 aromatic rings. The van der Waals surface area contributed by atoms with Gasteiger partial charge in [-0.25, -0.2) is 0 Å². The van der Waals surface area contributed by atoms with E-state index in [0.29, 0.717) is 12.5 Å². The van der Waals surface area contributed by atoms with Gasteiger partial charge in [0.25, 0.3) is 0 Å². The topological polar surface area (TPSA) is 65.5 Å². The van der Waals surface area contributed by atoms with E-state index in [1.165, 1.54) is 11.1 Å². The molecule has 1 saturated heterocycles. The molecule has 0 saturated carbocycles. The summed E-state index contributed by atoms with van der Waals surface area (Å²) in [5.74, 6) is 1.61. The second-order valence-corrected chi connectivity index (χ2v) is 7.46. The monoisotopic (exact) mass is 511 g/mol. The van der Waals surface area contributed by atoms with Crippen molar-refractivity contribution >= 4 is 29.9 Å². The minimum atomic E-state index is 0. The highest BCUT2D eigenvalue weighted by molar-refractivity contribution is 14.0. The summed E-state index contributed by atoms with van der Waals surface area (Å²) >= 11 is 0. The lowest BCUT2D eigenvalue weighted by atomic mass is 10.1. The normalized spacial score (nSPS) is 16.7. The molecule has 1 aliphatic heterocycles. The number of benzene rings is 1. The van der Waals surface area contributed by atoms with Crippen LogP contribution in [-0.2, 0) is 17.8 Å². The van der Waals surface area contributed by atoms with Crippen molar-refractivity contribution in [1.29, 1.82) is 0 Å². The minimum absolute atomic E-state index is 0. The number of rotatable bonds is 9. The lowest BCUT2D eigenvalue weighted by Gasteiger charge is -2.21. The molecule has 29 heavy (non-hydrogen) atoms. The Bertz CT molecular complexity index is 734. The number of halogens is 1. The van der Waals surface area contributed by atoms with Crippen LogP contribution in [0.5, 0.6) is 0 Å². The van der Waals surface area contributed by atoms with Gasteiger partial charge >= 0.3 is 0 Å². The minimum Gasteiger partial charge on any atom is -0.376 e. The maximum Gasteiger partial charge on any atom is 0.193 e. The maximum absolute atomic E-state index is 5.95. The van der Waals surface area contributed by atoms with Crippen LogP contribution >= 0.6 is 24.0 Å². The molecule has 3 rings (SSSR count). The number of hydrogen-bond acceptors (Lipinski definition) is 3. The van der Waals surface area contributed by atoms with Gasteiger partial charge in [0, 0.05) is 37.8 Å². The average molecular weight is 511 g/mol. The molecule has 1 aliphatic rings. The Labute approximate surface area is 191 Å². The first-order chi connectivity index (χ1) is 13.8. The van der Waals surface area contributed by atoms with Crippen LogP contribution in [0.4, 0.5) is 0 Å². The zero-order valence-electron chi connectivity index (χ0n) is 17.6. The molecule has 2 heterocycles. The Balaban J connectivity index is 0.00000300. The lowest BCUT2D eigenvalue weighted by Crippen LogP contribution is -2.40. The van der Waals surface area contributed by atoms with E-state index in [9.17, 15) is 0 Å². The van der Waals surface area contributed by atoms with Gasteiger partial charge in [-0.05, 0) is 44.2 Å². The van der Waals surface area contributed by atoms with Gasteiger partial charge in [0.1, 0.15) is 0 Å². The van der Waals surface area contributed by atoms with Crippen LogP contribution in [-0.4, -0.2) is 53.8 Å². The number of aliphatic imine (C=N–C) groups is 1. The molecule has 1 aromatic carbocycles. The summed E-state index contributed by atoms with van der Waals surface area (Å²) < 4.78 is 5.95. The Morgan fingerprint density at radius 2 is 2.17 bits per heavy atom. The number of aryl methyl sites for hydroxylation is 2. The zero-order valence-corrected chi connectivity index (χ0v) is 19.9. The number of guanidine groups is 1. The highest BCUT2D eigenvalue weighted by atomic mass is 127. The molecule has 7 heteroatoms. The van der Waals surface area contributed by atoms with Crippen LogP contribution in [0.15, 0.2) is 41.5 Å². The molecule has 160 valence electrons. The van der Waals surface area contributed by atoms with E-state index in [1.807, 2.05) is 12.3 Å². The first-order valence-electron chi connectivity index (χ1n) is 10.4. The number of aromatic nitrogens is 2. The van der Waals surface area contributed by atoms with Crippen LogP contribution in [0.3, 0.4) is 0 Å². The molecule has 1 unspecified atom stereocenters. The molecule has 0 aliphatic carbocycles. The first kappa shape index (κ1) is 23.7. The van der Waals surface area contributed by atoms with E-state index in [0.717, 1.165) is 63.7 Å². The van der Waals surface area contributed by atoms with E-state index in [4.69, 9.17) is 9.73 Å². The number of nitrogens with one attached hydrogen (secondary N) is 2. The fraction of sp³-hybridized carbons (Fsp3) is 0.545. The van der Waals surface area contributed by atoms with E-state index < -0.39 is 0 Å². The van der Waals surface area contributed by atoms with Crippen LogP contribution in [0.25, 0.3) is 0 Å². The van der Waals surface area contributed by atoms with Crippen molar-refractivity contribution in [3.05, 3.63) is 53.3 Å². The summed E-state index contributed by atoms with van der Waals surface area (Å²) in [7, 11) is 0. The van der Waals surface area contributed by atoms with E-state index in [-0.39, 0.29) is 24.0 Å². The summed E-state index contributed by atoms with van der Waals surface area (Å²) in [5, 5.41) is 10.5. The fourth-order valence-corrected chi connectivity index (χ4v) is 3.59. The second-order valence-electron chi connectivity index (χ2n) is 7.46. The van der Waals surface area contributed by atoms with E-state index >= 15 is 0 Å². The van der Waals surface area contributed by atoms with Crippen molar-refractivity contribution in [3.8, 4) is 0 Å².